The van der Waals surface area contributed by atoms with Gasteiger partial charge in [0.05, 0.1) is 64.0 Å². The molecule has 238 valence electrons. The third-order valence-electron chi connectivity index (χ3n) is 7.56. The molecular formula is C34H37NO10. The highest BCUT2D eigenvalue weighted by molar-refractivity contribution is 6.10. The molecule has 0 radical (unpaired) electrons. The van der Waals surface area contributed by atoms with Crippen molar-refractivity contribution >= 4 is 5.78 Å². The van der Waals surface area contributed by atoms with Crippen LogP contribution in [0, 0.1) is 0 Å². The minimum Gasteiger partial charge on any atom is -0.493 e. The summed E-state index contributed by atoms with van der Waals surface area (Å²) in [6.45, 7) is 0. The zero-order valence-electron chi connectivity index (χ0n) is 26.8. The predicted octanol–water partition coefficient (Wildman–Crippen LogP) is 5.38. The first-order valence-corrected chi connectivity index (χ1v) is 13.7. The molecule has 0 atom stereocenters. The molecule has 45 heavy (non-hydrogen) atoms. The Morgan fingerprint density at radius 3 is 1.16 bits per heavy atom. The number of pyridine rings is 1. The van der Waals surface area contributed by atoms with Gasteiger partial charge in [0.1, 0.15) is 5.41 Å². The first kappa shape index (κ1) is 32.6. The van der Waals surface area contributed by atoms with Crippen LogP contribution in [0.15, 0.2) is 60.9 Å². The van der Waals surface area contributed by atoms with Crippen LogP contribution < -0.4 is 42.6 Å². The average molecular weight is 620 g/mol. The first-order valence-electron chi connectivity index (χ1n) is 13.7. The van der Waals surface area contributed by atoms with E-state index in [2.05, 4.69) is 4.98 Å². The fourth-order valence-corrected chi connectivity index (χ4v) is 5.50. The summed E-state index contributed by atoms with van der Waals surface area (Å²) in [5.41, 5.74) is 0.0811. The number of carbonyl (C=O) groups excluding carboxylic acids is 1. The van der Waals surface area contributed by atoms with Crippen LogP contribution in [-0.2, 0) is 5.41 Å². The van der Waals surface area contributed by atoms with E-state index < -0.39 is 5.41 Å². The smallest absolute Gasteiger partial charge is 0.203 e. The number of hydrogen-bond donors (Lipinski definition) is 0. The van der Waals surface area contributed by atoms with E-state index in [1.165, 1.54) is 64.0 Å². The number of rotatable bonds is 14. The number of methoxy groups -OCH3 is 9. The highest BCUT2D eigenvalue weighted by Gasteiger charge is 2.47. The monoisotopic (exact) mass is 619 g/mol. The van der Waals surface area contributed by atoms with Gasteiger partial charge in [-0.15, -0.1) is 0 Å². The fraction of sp³-hybridized carbons (Fsp3) is 0.294. The minimum atomic E-state index is -1.63. The van der Waals surface area contributed by atoms with Gasteiger partial charge in [-0.3, -0.25) is 9.78 Å². The molecule has 0 fully saturated rings. The lowest BCUT2D eigenvalue weighted by atomic mass is 9.65. The Labute approximate surface area is 262 Å². The molecule has 0 unspecified atom stereocenters. The van der Waals surface area contributed by atoms with Crippen LogP contribution in [0.25, 0.3) is 0 Å². The number of ether oxygens (including phenoxy) is 9. The fourth-order valence-electron chi connectivity index (χ4n) is 5.50. The molecule has 11 nitrogen and oxygen atoms in total. The summed E-state index contributed by atoms with van der Waals surface area (Å²) in [6.07, 6.45) is 3.25. The molecule has 0 saturated carbocycles. The minimum absolute atomic E-state index is 0.246. The second kappa shape index (κ2) is 14.0. The van der Waals surface area contributed by atoms with E-state index in [0.29, 0.717) is 68.4 Å². The quantitative estimate of drug-likeness (QED) is 0.170. The highest BCUT2D eigenvalue weighted by Crippen LogP contribution is 2.52. The van der Waals surface area contributed by atoms with Gasteiger partial charge in [0.2, 0.25) is 17.2 Å². The molecular weight excluding hydrogens is 582 g/mol. The average Bonchev–Trinajstić information content (AvgIpc) is 3.10. The van der Waals surface area contributed by atoms with E-state index >= 15 is 4.79 Å². The number of nitrogens with zero attached hydrogens (tertiary/aromatic N) is 1. The van der Waals surface area contributed by atoms with Gasteiger partial charge in [0.25, 0.3) is 0 Å². The summed E-state index contributed by atoms with van der Waals surface area (Å²) in [5, 5.41) is 0. The van der Waals surface area contributed by atoms with Crippen molar-refractivity contribution in [2.75, 3.05) is 64.0 Å². The Bertz CT molecular complexity index is 1520. The molecule has 0 amide bonds. The molecule has 0 spiro atoms. The lowest BCUT2D eigenvalue weighted by Gasteiger charge is -2.35. The summed E-state index contributed by atoms with van der Waals surface area (Å²) in [5.74, 6) is 2.63. The van der Waals surface area contributed by atoms with Gasteiger partial charge in [-0.2, -0.15) is 0 Å². The number of ketones is 1. The molecule has 0 saturated heterocycles. The Morgan fingerprint density at radius 2 is 0.867 bits per heavy atom. The van der Waals surface area contributed by atoms with Crippen LogP contribution >= 0.6 is 0 Å². The van der Waals surface area contributed by atoms with Crippen molar-refractivity contribution < 1.29 is 47.4 Å². The van der Waals surface area contributed by atoms with Crippen LogP contribution in [0.5, 0.6) is 51.7 Å². The zero-order valence-corrected chi connectivity index (χ0v) is 26.8. The zero-order chi connectivity index (χ0) is 32.7. The van der Waals surface area contributed by atoms with E-state index in [-0.39, 0.29) is 11.3 Å². The maximum absolute atomic E-state index is 15.5. The number of benzene rings is 3. The van der Waals surface area contributed by atoms with Crippen molar-refractivity contribution in [3.05, 3.63) is 83.2 Å². The maximum Gasteiger partial charge on any atom is 0.203 e. The summed E-state index contributed by atoms with van der Waals surface area (Å²) < 4.78 is 51.0. The maximum atomic E-state index is 15.5. The van der Waals surface area contributed by atoms with Crippen LogP contribution in [-0.4, -0.2) is 74.8 Å². The SMILES string of the molecule is COc1cc(C(=O)C(c2cccnc2)(c2cc(OC)c(OC)c(OC)c2)c2cc(OC)c(OC)c(OC)c2)cc(OC)c1OC. The number of hydrogen-bond acceptors (Lipinski definition) is 11. The van der Waals surface area contributed by atoms with Crippen molar-refractivity contribution in [1.29, 1.82) is 0 Å². The van der Waals surface area contributed by atoms with Gasteiger partial charge in [-0.05, 0) is 59.2 Å². The molecule has 0 aliphatic carbocycles. The second-order valence-corrected chi connectivity index (χ2v) is 9.56. The van der Waals surface area contributed by atoms with Gasteiger partial charge >= 0.3 is 0 Å². The largest absolute Gasteiger partial charge is 0.493 e. The van der Waals surface area contributed by atoms with Gasteiger partial charge in [-0.25, -0.2) is 0 Å². The van der Waals surface area contributed by atoms with Crippen molar-refractivity contribution in [2.45, 2.75) is 5.41 Å². The summed E-state index contributed by atoms with van der Waals surface area (Å²) in [6, 6.07) is 13.7. The topological polar surface area (TPSA) is 113 Å². The number of aromatic nitrogens is 1. The van der Waals surface area contributed by atoms with E-state index in [1.807, 2.05) is 6.07 Å². The van der Waals surface area contributed by atoms with Gasteiger partial charge in [-0.1, -0.05) is 6.07 Å². The normalized spacial score (nSPS) is 10.9. The van der Waals surface area contributed by atoms with E-state index in [0.717, 1.165) is 0 Å². The van der Waals surface area contributed by atoms with Crippen molar-refractivity contribution in [1.82, 2.24) is 4.98 Å². The lowest BCUT2D eigenvalue weighted by molar-refractivity contribution is 0.0933. The van der Waals surface area contributed by atoms with Crippen molar-refractivity contribution in [3.8, 4) is 51.7 Å². The van der Waals surface area contributed by atoms with Crippen LogP contribution in [0.2, 0.25) is 0 Å². The Hall–Kier alpha value is -5.32. The lowest BCUT2D eigenvalue weighted by Crippen LogP contribution is -2.39. The molecule has 4 rings (SSSR count). The molecule has 3 aromatic carbocycles. The van der Waals surface area contributed by atoms with Gasteiger partial charge in [0, 0.05) is 18.0 Å². The van der Waals surface area contributed by atoms with Crippen LogP contribution in [0.3, 0.4) is 0 Å². The molecule has 0 aliphatic heterocycles. The molecule has 1 aromatic heterocycles. The Balaban J connectivity index is 2.27. The second-order valence-electron chi connectivity index (χ2n) is 9.56. The van der Waals surface area contributed by atoms with Crippen LogP contribution in [0.1, 0.15) is 27.0 Å². The molecule has 0 aliphatic rings. The summed E-state index contributed by atoms with van der Waals surface area (Å²) in [4.78, 5) is 19.9. The standard InChI is InChI=1S/C34H37NO10/c1-37-24-13-20(14-25(38-2)30(24)43-7)33(36)34(21-11-10-12-35-19-21,22-15-26(39-3)31(44-8)27(16-22)40-4)23-17-28(41-5)32(45-9)29(18-23)42-6/h10-19H,1-9H3. The highest BCUT2D eigenvalue weighted by atomic mass is 16.5. The third kappa shape index (κ3) is 5.57. The number of Topliss-reactive ketones (excluding diaryl/α,β-unsaturated/α-hetero) is 1. The summed E-state index contributed by atoms with van der Waals surface area (Å²) >= 11 is 0. The number of carbonyl (C=O) groups is 1. The summed E-state index contributed by atoms with van der Waals surface area (Å²) in [7, 11) is 13.5. The van der Waals surface area contributed by atoms with E-state index in [1.54, 1.807) is 54.9 Å². The van der Waals surface area contributed by atoms with Crippen LogP contribution in [0.4, 0.5) is 0 Å². The van der Waals surface area contributed by atoms with Crippen molar-refractivity contribution in [2.24, 2.45) is 0 Å². The van der Waals surface area contributed by atoms with Gasteiger partial charge in [0.15, 0.2) is 40.3 Å². The molecule has 4 aromatic rings. The molecule has 0 bridgehead atoms. The molecule has 1 heterocycles. The van der Waals surface area contributed by atoms with Gasteiger partial charge < -0.3 is 42.6 Å². The Morgan fingerprint density at radius 1 is 0.511 bits per heavy atom. The Kier molecular flexibility index (Phi) is 10.1. The van der Waals surface area contributed by atoms with E-state index in [9.17, 15) is 0 Å². The molecule has 11 heteroatoms. The van der Waals surface area contributed by atoms with E-state index in [4.69, 9.17) is 42.6 Å². The molecule has 0 N–H and O–H groups in total. The first-order chi connectivity index (χ1) is 21.8. The van der Waals surface area contributed by atoms with Crippen molar-refractivity contribution in [3.63, 3.8) is 0 Å². The predicted molar refractivity (Wildman–Crippen MR) is 167 cm³/mol. The third-order valence-corrected chi connectivity index (χ3v) is 7.56.